The first-order chi connectivity index (χ1) is 13.0. The molecule has 0 radical (unpaired) electrons. The minimum Gasteiger partial charge on any atom is -0.335 e. The van der Waals surface area contributed by atoms with E-state index in [-0.39, 0.29) is 23.9 Å². The Bertz CT molecular complexity index is 723. The van der Waals surface area contributed by atoms with Crippen molar-refractivity contribution in [2.24, 2.45) is 0 Å². The molecular formula is C19H29FN3O3S+. The molecule has 0 unspecified atom stereocenters. The number of nitrogens with zero attached hydrogens (tertiary/aromatic N) is 2. The van der Waals surface area contributed by atoms with E-state index in [9.17, 15) is 17.6 Å². The number of likely N-dealkylation sites (tertiary alicyclic amines) is 1. The highest BCUT2D eigenvalue weighted by molar-refractivity contribution is 7.89. The van der Waals surface area contributed by atoms with Gasteiger partial charge in [0.1, 0.15) is 5.82 Å². The molecule has 0 aliphatic carbocycles. The van der Waals surface area contributed by atoms with Gasteiger partial charge in [-0.1, -0.05) is 6.42 Å². The lowest BCUT2D eigenvalue weighted by Gasteiger charge is -2.34. The van der Waals surface area contributed by atoms with Crippen LogP contribution < -0.4 is 4.90 Å². The van der Waals surface area contributed by atoms with Crippen LogP contribution >= 0.6 is 0 Å². The number of benzene rings is 1. The minimum absolute atomic E-state index is 0.0914. The molecule has 3 rings (SSSR count). The topological polar surface area (TPSA) is 62.1 Å². The zero-order valence-electron chi connectivity index (χ0n) is 15.7. The Kier molecular flexibility index (Phi) is 6.83. The number of rotatable bonds is 4. The number of carbonyl (C=O) groups excluding carboxylic acids is 1. The summed E-state index contributed by atoms with van der Waals surface area (Å²) in [7, 11) is -3.64. The third-order valence-electron chi connectivity index (χ3n) is 5.50. The molecule has 0 aromatic heterocycles. The molecule has 0 spiro atoms. The highest BCUT2D eigenvalue weighted by Gasteiger charge is 2.31. The van der Waals surface area contributed by atoms with Crippen LogP contribution in [-0.4, -0.2) is 69.3 Å². The van der Waals surface area contributed by atoms with Gasteiger partial charge in [0.25, 0.3) is 5.91 Å². The number of carbonyl (C=O) groups is 1. The smallest absolute Gasteiger partial charge is 0.277 e. The van der Waals surface area contributed by atoms with Gasteiger partial charge in [-0.2, -0.15) is 4.31 Å². The molecule has 1 aromatic rings. The van der Waals surface area contributed by atoms with Crippen molar-refractivity contribution in [2.75, 3.05) is 45.8 Å². The summed E-state index contributed by atoms with van der Waals surface area (Å²) in [4.78, 5) is 15.8. The van der Waals surface area contributed by atoms with Crippen LogP contribution in [-0.2, 0) is 14.8 Å². The third kappa shape index (κ3) is 5.27. The van der Waals surface area contributed by atoms with E-state index < -0.39 is 15.8 Å². The maximum atomic E-state index is 13.0. The van der Waals surface area contributed by atoms with Gasteiger partial charge in [0.05, 0.1) is 18.0 Å². The van der Waals surface area contributed by atoms with Gasteiger partial charge in [0, 0.05) is 26.2 Å². The van der Waals surface area contributed by atoms with E-state index >= 15 is 0 Å². The molecule has 8 heteroatoms. The molecule has 0 saturated carbocycles. The maximum absolute atomic E-state index is 13.0. The summed E-state index contributed by atoms with van der Waals surface area (Å²) in [6.45, 7) is 3.97. The molecule has 1 aromatic carbocycles. The van der Waals surface area contributed by atoms with Gasteiger partial charge in [0.15, 0.2) is 6.54 Å². The first-order valence-corrected chi connectivity index (χ1v) is 11.3. The lowest BCUT2D eigenvalue weighted by Crippen LogP contribution is -3.13. The molecular weight excluding hydrogens is 369 g/mol. The summed E-state index contributed by atoms with van der Waals surface area (Å²) < 4.78 is 39.7. The van der Waals surface area contributed by atoms with E-state index in [1.807, 2.05) is 0 Å². The number of piperazine rings is 1. The van der Waals surface area contributed by atoms with Gasteiger partial charge in [-0.05, 0) is 49.9 Å². The molecule has 1 amide bonds. The normalized spacial score (nSPS) is 20.9. The molecule has 2 saturated heterocycles. The van der Waals surface area contributed by atoms with Gasteiger partial charge in [0.2, 0.25) is 10.0 Å². The van der Waals surface area contributed by atoms with Crippen molar-refractivity contribution in [2.45, 2.75) is 37.0 Å². The van der Waals surface area contributed by atoms with Crippen LogP contribution in [0.2, 0.25) is 0 Å². The van der Waals surface area contributed by atoms with Crippen LogP contribution in [0.4, 0.5) is 4.39 Å². The number of quaternary nitrogens is 1. The Labute approximate surface area is 161 Å². The molecule has 2 fully saturated rings. The molecule has 6 nitrogen and oxygen atoms in total. The van der Waals surface area contributed by atoms with Crippen LogP contribution in [0.3, 0.4) is 0 Å². The molecule has 27 heavy (non-hydrogen) atoms. The van der Waals surface area contributed by atoms with Crippen molar-refractivity contribution < 1.29 is 22.5 Å². The van der Waals surface area contributed by atoms with Crippen molar-refractivity contribution in [3.05, 3.63) is 30.1 Å². The molecule has 2 heterocycles. The zero-order valence-corrected chi connectivity index (χ0v) is 16.5. The number of hydrogen-bond acceptors (Lipinski definition) is 3. The Morgan fingerprint density at radius 2 is 1.48 bits per heavy atom. The number of halogens is 1. The van der Waals surface area contributed by atoms with Gasteiger partial charge in [-0.3, -0.25) is 4.79 Å². The number of nitrogens with one attached hydrogen (secondary N) is 1. The molecule has 2 aliphatic rings. The highest BCUT2D eigenvalue weighted by Crippen LogP contribution is 2.18. The average Bonchev–Trinajstić information content (AvgIpc) is 2.64. The van der Waals surface area contributed by atoms with E-state index in [1.54, 1.807) is 4.90 Å². The second kappa shape index (κ2) is 9.12. The average molecular weight is 399 g/mol. The number of sulfonamides is 1. The van der Waals surface area contributed by atoms with E-state index in [0.29, 0.717) is 19.6 Å². The maximum Gasteiger partial charge on any atom is 0.277 e. The predicted molar refractivity (Wildman–Crippen MR) is 100 cm³/mol. The van der Waals surface area contributed by atoms with E-state index in [1.165, 1.54) is 53.4 Å². The summed E-state index contributed by atoms with van der Waals surface area (Å²) in [6.07, 6.45) is 6.14. The van der Waals surface area contributed by atoms with Gasteiger partial charge >= 0.3 is 0 Å². The van der Waals surface area contributed by atoms with Crippen LogP contribution in [0, 0.1) is 5.82 Å². The Hall–Kier alpha value is -1.51. The predicted octanol–water partition coefficient (Wildman–Crippen LogP) is 0.508. The summed E-state index contributed by atoms with van der Waals surface area (Å²) in [5.74, 6) is -0.347. The van der Waals surface area contributed by atoms with E-state index in [0.717, 1.165) is 25.2 Å². The highest BCUT2D eigenvalue weighted by atomic mass is 32.2. The lowest BCUT2D eigenvalue weighted by molar-refractivity contribution is -0.893. The Morgan fingerprint density at radius 3 is 2.07 bits per heavy atom. The standard InChI is InChI=1S/C19H28FN3O3S/c20-17-6-8-18(9-7-17)27(25,26)23-14-12-22(13-15-23)19(24)16-21-10-4-2-1-3-5-11-21/h6-9H,1-5,10-16H2/p+1. The zero-order chi connectivity index (χ0) is 19.3. The molecule has 0 atom stereocenters. The molecule has 150 valence electrons. The second-order valence-corrected chi connectivity index (χ2v) is 9.37. The van der Waals surface area contributed by atoms with Crippen molar-refractivity contribution in [1.82, 2.24) is 9.21 Å². The van der Waals surface area contributed by atoms with Gasteiger partial charge < -0.3 is 9.80 Å². The fourth-order valence-corrected chi connectivity index (χ4v) is 5.26. The van der Waals surface area contributed by atoms with Crippen molar-refractivity contribution in [3.8, 4) is 0 Å². The number of amides is 1. The first kappa shape index (κ1) is 20.2. The van der Waals surface area contributed by atoms with Crippen molar-refractivity contribution in [1.29, 1.82) is 0 Å². The fraction of sp³-hybridized carbons (Fsp3) is 0.632. The molecule has 1 N–H and O–H groups in total. The quantitative estimate of drug-likeness (QED) is 0.804. The van der Waals surface area contributed by atoms with E-state index in [2.05, 4.69) is 0 Å². The van der Waals surface area contributed by atoms with Crippen LogP contribution in [0.15, 0.2) is 29.2 Å². The fourth-order valence-electron chi connectivity index (χ4n) is 3.84. The summed E-state index contributed by atoms with van der Waals surface area (Å²) in [6, 6.07) is 4.87. The summed E-state index contributed by atoms with van der Waals surface area (Å²) in [5, 5.41) is 0. The Balaban J connectivity index is 1.53. The SMILES string of the molecule is O=C(C[NH+]1CCCCCCC1)N1CCN(S(=O)(=O)c2ccc(F)cc2)CC1. The first-order valence-electron chi connectivity index (χ1n) is 9.84. The molecule has 2 aliphatic heterocycles. The molecule has 0 bridgehead atoms. The van der Waals surface area contributed by atoms with Crippen LogP contribution in [0.5, 0.6) is 0 Å². The van der Waals surface area contributed by atoms with E-state index in [4.69, 9.17) is 0 Å². The summed E-state index contributed by atoms with van der Waals surface area (Å²) in [5.41, 5.74) is 0. The van der Waals surface area contributed by atoms with Crippen LogP contribution in [0.25, 0.3) is 0 Å². The largest absolute Gasteiger partial charge is 0.335 e. The third-order valence-corrected chi connectivity index (χ3v) is 7.42. The lowest BCUT2D eigenvalue weighted by atomic mass is 10.1. The van der Waals surface area contributed by atoms with Gasteiger partial charge in [-0.15, -0.1) is 0 Å². The van der Waals surface area contributed by atoms with Crippen LogP contribution in [0.1, 0.15) is 32.1 Å². The van der Waals surface area contributed by atoms with Gasteiger partial charge in [-0.25, -0.2) is 12.8 Å². The minimum atomic E-state index is -3.64. The monoisotopic (exact) mass is 398 g/mol. The summed E-state index contributed by atoms with van der Waals surface area (Å²) >= 11 is 0. The van der Waals surface area contributed by atoms with Crippen molar-refractivity contribution in [3.63, 3.8) is 0 Å². The number of hydrogen-bond donors (Lipinski definition) is 1. The van der Waals surface area contributed by atoms with Crippen molar-refractivity contribution >= 4 is 15.9 Å². The second-order valence-electron chi connectivity index (χ2n) is 7.43. The Morgan fingerprint density at radius 1 is 0.926 bits per heavy atom.